The van der Waals surface area contributed by atoms with Crippen molar-refractivity contribution in [2.75, 3.05) is 20.3 Å². The number of methoxy groups -OCH3 is 1. The molecule has 2 N–H and O–H groups in total. The van der Waals surface area contributed by atoms with Crippen LogP contribution in [0.1, 0.15) is 28.8 Å². The van der Waals surface area contributed by atoms with Gasteiger partial charge in [0, 0.05) is 13.7 Å². The number of ether oxygens (including phenoxy) is 1. The molecule has 126 valence electrons. The number of nitrogens with one attached hydrogen (secondary N) is 1. The van der Waals surface area contributed by atoms with Crippen LogP contribution in [0.2, 0.25) is 0 Å². The Bertz CT molecular complexity index is 714. The smallest absolute Gasteiger partial charge is 0.159 e. The largest absolute Gasteiger partial charge is 0.387 e. The molecule has 0 heterocycles. The number of nitriles is 1. The molecule has 0 fully saturated rings. The lowest BCUT2D eigenvalue weighted by atomic mass is 10.0. The average Bonchev–Trinajstić information content (AvgIpc) is 2.61. The number of rotatable bonds is 7. The van der Waals surface area contributed by atoms with Gasteiger partial charge in [-0.15, -0.1) is 0 Å². The quantitative estimate of drug-likeness (QED) is 0.818. The number of hydrogen-bond acceptors (Lipinski definition) is 4. The third-order valence-corrected chi connectivity index (χ3v) is 3.66. The van der Waals surface area contributed by atoms with Gasteiger partial charge in [0.2, 0.25) is 0 Å². The third kappa shape index (κ3) is 4.59. The van der Waals surface area contributed by atoms with Gasteiger partial charge in [-0.25, -0.2) is 8.78 Å². The van der Waals surface area contributed by atoms with Crippen LogP contribution < -0.4 is 5.32 Å². The Morgan fingerprint density at radius 1 is 1.12 bits per heavy atom. The first-order chi connectivity index (χ1) is 11.5. The van der Waals surface area contributed by atoms with Gasteiger partial charge in [-0.05, 0) is 35.4 Å². The van der Waals surface area contributed by atoms with Crippen LogP contribution in [0.3, 0.4) is 0 Å². The van der Waals surface area contributed by atoms with Gasteiger partial charge in [-0.1, -0.05) is 18.2 Å². The SMILES string of the molecule is COCC(NCC(O)c1ccc(C#N)cc1)c1ccc(F)c(F)c1. The Morgan fingerprint density at radius 2 is 1.79 bits per heavy atom. The minimum absolute atomic E-state index is 0.193. The van der Waals surface area contributed by atoms with Gasteiger partial charge in [-0.2, -0.15) is 5.26 Å². The van der Waals surface area contributed by atoms with Crippen LogP contribution in [0.25, 0.3) is 0 Å². The fourth-order valence-electron chi connectivity index (χ4n) is 2.32. The maximum Gasteiger partial charge on any atom is 0.159 e. The molecule has 0 bridgehead atoms. The second-order valence-corrected chi connectivity index (χ2v) is 5.34. The Labute approximate surface area is 139 Å². The molecule has 0 aliphatic heterocycles. The van der Waals surface area contributed by atoms with Crippen LogP contribution >= 0.6 is 0 Å². The summed E-state index contributed by atoms with van der Waals surface area (Å²) in [4.78, 5) is 0. The summed E-state index contributed by atoms with van der Waals surface area (Å²) in [6.45, 7) is 0.435. The van der Waals surface area contributed by atoms with Gasteiger partial charge < -0.3 is 15.2 Å². The van der Waals surface area contributed by atoms with E-state index in [-0.39, 0.29) is 13.2 Å². The van der Waals surface area contributed by atoms with E-state index in [0.29, 0.717) is 16.7 Å². The molecule has 2 rings (SSSR count). The summed E-state index contributed by atoms with van der Waals surface area (Å²) in [7, 11) is 1.51. The zero-order valence-corrected chi connectivity index (χ0v) is 13.2. The molecular formula is C18H18F2N2O2. The highest BCUT2D eigenvalue weighted by Crippen LogP contribution is 2.19. The van der Waals surface area contributed by atoms with Crippen molar-refractivity contribution in [3.8, 4) is 6.07 Å². The number of benzene rings is 2. The summed E-state index contributed by atoms with van der Waals surface area (Å²) >= 11 is 0. The monoisotopic (exact) mass is 332 g/mol. The standard InChI is InChI=1S/C18H18F2N2O2/c1-24-11-17(14-6-7-15(19)16(20)8-14)22-10-18(23)13-4-2-12(9-21)3-5-13/h2-8,17-18,22-23H,10-11H2,1H3. The van der Waals surface area contributed by atoms with Crippen LogP contribution in [0.5, 0.6) is 0 Å². The van der Waals surface area contributed by atoms with Gasteiger partial charge in [0.15, 0.2) is 11.6 Å². The van der Waals surface area contributed by atoms with Crippen molar-refractivity contribution in [3.63, 3.8) is 0 Å². The molecule has 0 aliphatic carbocycles. The zero-order valence-electron chi connectivity index (χ0n) is 13.2. The lowest BCUT2D eigenvalue weighted by Gasteiger charge is -2.21. The minimum atomic E-state index is -0.928. The highest BCUT2D eigenvalue weighted by atomic mass is 19.2. The molecule has 0 radical (unpaired) electrons. The molecule has 6 heteroatoms. The van der Waals surface area contributed by atoms with Crippen LogP contribution in [-0.2, 0) is 4.74 Å². The van der Waals surface area contributed by atoms with Crippen molar-refractivity contribution in [1.29, 1.82) is 5.26 Å². The fraction of sp³-hybridized carbons (Fsp3) is 0.278. The lowest BCUT2D eigenvalue weighted by molar-refractivity contribution is 0.139. The fourth-order valence-corrected chi connectivity index (χ4v) is 2.32. The van der Waals surface area contributed by atoms with Crippen LogP contribution in [0.15, 0.2) is 42.5 Å². The van der Waals surface area contributed by atoms with Crippen LogP contribution in [0, 0.1) is 23.0 Å². The summed E-state index contributed by atoms with van der Waals surface area (Å²) in [5, 5.41) is 22.1. The molecule has 24 heavy (non-hydrogen) atoms. The maximum atomic E-state index is 13.4. The van der Waals surface area contributed by atoms with E-state index >= 15 is 0 Å². The summed E-state index contributed by atoms with van der Waals surface area (Å²) < 4.78 is 31.6. The van der Waals surface area contributed by atoms with Crippen LogP contribution in [-0.4, -0.2) is 25.4 Å². The minimum Gasteiger partial charge on any atom is -0.387 e. The molecular weight excluding hydrogens is 314 g/mol. The topological polar surface area (TPSA) is 65.3 Å². The Morgan fingerprint density at radius 3 is 2.38 bits per heavy atom. The maximum absolute atomic E-state index is 13.4. The van der Waals surface area contributed by atoms with E-state index in [1.807, 2.05) is 6.07 Å². The Kier molecular flexibility index (Phi) is 6.38. The predicted octanol–water partition coefficient (Wildman–Crippen LogP) is 2.85. The van der Waals surface area contributed by atoms with Crippen molar-refractivity contribution in [2.24, 2.45) is 0 Å². The highest BCUT2D eigenvalue weighted by molar-refractivity contribution is 5.32. The molecule has 0 spiro atoms. The van der Waals surface area contributed by atoms with E-state index in [0.717, 1.165) is 12.1 Å². The van der Waals surface area contributed by atoms with Crippen molar-refractivity contribution in [3.05, 3.63) is 70.8 Å². The van der Waals surface area contributed by atoms with Crippen molar-refractivity contribution < 1.29 is 18.6 Å². The van der Waals surface area contributed by atoms with Gasteiger partial charge in [0.25, 0.3) is 0 Å². The zero-order chi connectivity index (χ0) is 17.5. The molecule has 4 nitrogen and oxygen atoms in total. The molecule has 0 saturated carbocycles. The summed E-state index contributed by atoms with van der Waals surface area (Å²) in [5.41, 5.74) is 1.70. The highest BCUT2D eigenvalue weighted by Gasteiger charge is 2.16. The first-order valence-electron chi connectivity index (χ1n) is 7.40. The molecule has 2 aromatic rings. The summed E-state index contributed by atoms with van der Waals surface area (Å²) in [6.07, 6.45) is -0.803. The molecule has 2 unspecified atom stereocenters. The van der Waals surface area contributed by atoms with Crippen molar-refractivity contribution in [2.45, 2.75) is 12.1 Å². The number of hydrogen-bond donors (Lipinski definition) is 2. The second-order valence-electron chi connectivity index (χ2n) is 5.34. The van der Waals surface area contributed by atoms with Gasteiger partial charge >= 0.3 is 0 Å². The normalized spacial score (nSPS) is 13.3. The summed E-state index contributed by atoms with van der Waals surface area (Å²) in [6, 6.07) is 11.9. The Hall–Kier alpha value is -2.33. The number of aliphatic hydroxyl groups excluding tert-OH is 1. The average molecular weight is 332 g/mol. The number of aliphatic hydroxyl groups is 1. The van der Waals surface area contributed by atoms with E-state index < -0.39 is 23.8 Å². The van der Waals surface area contributed by atoms with E-state index in [4.69, 9.17) is 10.00 Å². The molecule has 0 saturated heterocycles. The van der Waals surface area contributed by atoms with Crippen molar-refractivity contribution >= 4 is 0 Å². The third-order valence-electron chi connectivity index (χ3n) is 3.66. The molecule has 0 amide bonds. The first kappa shape index (κ1) is 18.0. The van der Waals surface area contributed by atoms with Gasteiger partial charge in [0.05, 0.1) is 30.4 Å². The van der Waals surface area contributed by atoms with Crippen LogP contribution in [0.4, 0.5) is 8.78 Å². The summed E-state index contributed by atoms with van der Waals surface area (Å²) in [5.74, 6) is -1.84. The van der Waals surface area contributed by atoms with Gasteiger partial charge in [0.1, 0.15) is 0 Å². The first-order valence-corrected chi connectivity index (χ1v) is 7.40. The molecule has 2 atom stereocenters. The van der Waals surface area contributed by atoms with E-state index in [2.05, 4.69) is 5.32 Å². The van der Waals surface area contributed by atoms with Crippen molar-refractivity contribution in [1.82, 2.24) is 5.32 Å². The Balaban J connectivity index is 2.04. The molecule has 0 aliphatic rings. The predicted molar refractivity (Wildman–Crippen MR) is 85.1 cm³/mol. The van der Waals surface area contributed by atoms with Gasteiger partial charge in [-0.3, -0.25) is 0 Å². The lowest BCUT2D eigenvalue weighted by Crippen LogP contribution is -2.29. The van der Waals surface area contributed by atoms with E-state index in [1.165, 1.54) is 13.2 Å². The number of halogens is 2. The molecule has 0 aromatic heterocycles. The molecule has 2 aromatic carbocycles. The van der Waals surface area contributed by atoms with E-state index in [9.17, 15) is 13.9 Å². The van der Waals surface area contributed by atoms with E-state index in [1.54, 1.807) is 24.3 Å². The second kappa shape index (κ2) is 8.50. The number of nitrogens with zero attached hydrogens (tertiary/aromatic N) is 1.